The second-order valence-electron chi connectivity index (χ2n) is 7.63. The molecule has 0 aromatic heterocycles. The molecule has 3 aliphatic rings. The normalized spacial score (nSPS) is 35.4. The standard InChI is InChI=1S/C20H26N2O4S/c1-22-9-8-19(13-4-5-15(25-2)16(10-13)26-3)6-7-20(11-17(19)22)21-14(12-27-20)18(23)24/h4-7,10,14,17,21H,8-9,11-12H2,1-3H3,(H,23,24)/t14?,17-,19-,20?/m0/s1. The highest BCUT2D eigenvalue weighted by Gasteiger charge is 2.54. The largest absolute Gasteiger partial charge is 0.493 e. The molecule has 0 bridgehead atoms. The van der Waals surface area contributed by atoms with Crippen LogP contribution >= 0.6 is 11.8 Å². The highest BCUT2D eigenvalue weighted by atomic mass is 32.2. The van der Waals surface area contributed by atoms with Crippen LogP contribution in [0.25, 0.3) is 0 Å². The molecule has 0 amide bonds. The zero-order chi connectivity index (χ0) is 19.2. The third-order valence-corrected chi connectivity index (χ3v) is 7.73. The Morgan fingerprint density at radius 1 is 1.30 bits per heavy atom. The molecule has 2 saturated heterocycles. The summed E-state index contributed by atoms with van der Waals surface area (Å²) in [5.41, 5.74) is 1.13. The summed E-state index contributed by atoms with van der Waals surface area (Å²) in [6, 6.07) is 6.00. The summed E-state index contributed by atoms with van der Waals surface area (Å²) in [7, 11) is 5.47. The van der Waals surface area contributed by atoms with Gasteiger partial charge in [0.15, 0.2) is 11.5 Å². The number of thioether (sulfide) groups is 1. The van der Waals surface area contributed by atoms with Crippen LogP contribution in [0.3, 0.4) is 0 Å². The first kappa shape index (κ1) is 18.7. The third-order valence-electron chi connectivity index (χ3n) is 6.30. The molecule has 7 heteroatoms. The number of rotatable bonds is 4. The van der Waals surface area contributed by atoms with E-state index in [9.17, 15) is 9.90 Å². The van der Waals surface area contributed by atoms with E-state index in [1.54, 1.807) is 26.0 Å². The lowest BCUT2D eigenvalue weighted by molar-refractivity contribution is -0.138. The third kappa shape index (κ3) is 2.92. The monoisotopic (exact) mass is 390 g/mol. The van der Waals surface area contributed by atoms with Crippen molar-refractivity contribution in [1.29, 1.82) is 0 Å². The zero-order valence-corrected chi connectivity index (χ0v) is 16.7. The van der Waals surface area contributed by atoms with Gasteiger partial charge in [0.2, 0.25) is 0 Å². The van der Waals surface area contributed by atoms with Crippen LogP contribution in [0.15, 0.2) is 30.4 Å². The minimum atomic E-state index is -0.774. The maximum Gasteiger partial charge on any atom is 0.321 e. The average Bonchev–Trinajstić information content (AvgIpc) is 3.24. The van der Waals surface area contributed by atoms with E-state index in [0.29, 0.717) is 11.8 Å². The number of hydrogen-bond donors (Lipinski definition) is 2. The van der Waals surface area contributed by atoms with Gasteiger partial charge in [0, 0.05) is 17.2 Å². The molecule has 1 aromatic carbocycles. The van der Waals surface area contributed by atoms with Gasteiger partial charge < -0.3 is 19.5 Å². The van der Waals surface area contributed by atoms with Gasteiger partial charge in [-0.1, -0.05) is 18.2 Å². The Balaban J connectivity index is 1.72. The summed E-state index contributed by atoms with van der Waals surface area (Å²) in [6.45, 7) is 1.01. The van der Waals surface area contributed by atoms with Gasteiger partial charge in [-0.05, 0) is 44.1 Å². The summed E-state index contributed by atoms with van der Waals surface area (Å²) in [5.74, 6) is 1.29. The summed E-state index contributed by atoms with van der Waals surface area (Å²) >= 11 is 1.71. The van der Waals surface area contributed by atoms with Crippen LogP contribution < -0.4 is 14.8 Å². The second-order valence-corrected chi connectivity index (χ2v) is 8.98. The van der Waals surface area contributed by atoms with E-state index in [2.05, 4.69) is 41.5 Å². The van der Waals surface area contributed by atoms with Gasteiger partial charge in [-0.3, -0.25) is 10.1 Å². The minimum absolute atomic E-state index is 0.0941. The average molecular weight is 391 g/mol. The molecule has 4 atom stereocenters. The van der Waals surface area contributed by atoms with Gasteiger partial charge in [-0.25, -0.2) is 0 Å². The number of carboxylic acids is 1. The fourth-order valence-corrected chi connectivity index (χ4v) is 6.12. The van der Waals surface area contributed by atoms with Crippen LogP contribution in [-0.2, 0) is 10.2 Å². The highest BCUT2D eigenvalue weighted by molar-refractivity contribution is 8.01. The van der Waals surface area contributed by atoms with Crippen molar-refractivity contribution in [2.75, 3.05) is 33.6 Å². The number of ether oxygens (including phenoxy) is 2. The lowest BCUT2D eigenvalue weighted by Gasteiger charge is -2.44. The number of benzene rings is 1. The maximum absolute atomic E-state index is 11.4. The molecule has 2 unspecified atom stereocenters. The molecular formula is C20H26N2O4S. The number of aliphatic carboxylic acids is 1. The van der Waals surface area contributed by atoms with E-state index in [-0.39, 0.29) is 10.3 Å². The Kier molecular flexibility index (Phi) is 4.64. The zero-order valence-electron chi connectivity index (χ0n) is 15.9. The van der Waals surface area contributed by atoms with Gasteiger partial charge in [0.1, 0.15) is 6.04 Å². The molecular weight excluding hydrogens is 364 g/mol. The first-order chi connectivity index (χ1) is 12.9. The lowest BCUT2D eigenvalue weighted by atomic mass is 9.68. The maximum atomic E-state index is 11.4. The Bertz CT molecular complexity index is 785. The quantitative estimate of drug-likeness (QED) is 0.763. The number of likely N-dealkylation sites (N-methyl/N-ethyl adjacent to an activating group) is 1. The van der Waals surface area contributed by atoms with Crippen LogP contribution in [0.5, 0.6) is 11.5 Å². The Labute approximate surface area is 163 Å². The summed E-state index contributed by atoms with van der Waals surface area (Å²) in [5, 5.41) is 12.7. The van der Waals surface area contributed by atoms with Crippen molar-refractivity contribution in [3.8, 4) is 11.5 Å². The molecule has 1 aromatic rings. The number of likely N-dealkylation sites (tertiary alicyclic amines) is 1. The molecule has 146 valence electrons. The molecule has 0 saturated carbocycles. The van der Waals surface area contributed by atoms with E-state index >= 15 is 0 Å². The van der Waals surface area contributed by atoms with Crippen molar-refractivity contribution in [3.05, 3.63) is 35.9 Å². The van der Waals surface area contributed by atoms with Gasteiger partial charge in [-0.15, -0.1) is 11.8 Å². The number of nitrogens with zero attached hydrogens (tertiary/aromatic N) is 1. The van der Waals surface area contributed by atoms with E-state index in [4.69, 9.17) is 9.47 Å². The topological polar surface area (TPSA) is 71.0 Å². The van der Waals surface area contributed by atoms with Crippen LogP contribution in [0.4, 0.5) is 0 Å². The summed E-state index contributed by atoms with van der Waals surface area (Å²) in [4.78, 5) is 13.5. The molecule has 4 rings (SSSR count). The van der Waals surface area contributed by atoms with Gasteiger partial charge in [0.05, 0.1) is 19.1 Å². The number of carbonyl (C=O) groups is 1. The number of carboxylic acid groups (broad SMARTS) is 1. The van der Waals surface area contributed by atoms with Crippen molar-refractivity contribution in [2.45, 2.75) is 35.2 Å². The molecule has 27 heavy (non-hydrogen) atoms. The predicted octanol–water partition coefficient (Wildman–Crippen LogP) is 2.09. The van der Waals surface area contributed by atoms with Crippen LogP contribution in [-0.4, -0.2) is 66.5 Å². The smallest absolute Gasteiger partial charge is 0.321 e. The van der Waals surface area contributed by atoms with E-state index in [1.807, 2.05) is 6.07 Å². The Morgan fingerprint density at radius 3 is 2.74 bits per heavy atom. The molecule has 1 aliphatic carbocycles. The number of fused-ring (bicyclic) bond motifs is 1. The van der Waals surface area contributed by atoms with Crippen molar-refractivity contribution in [3.63, 3.8) is 0 Å². The minimum Gasteiger partial charge on any atom is -0.493 e. The fraction of sp³-hybridized carbons (Fsp3) is 0.550. The number of methoxy groups -OCH3 is 2. The van der Waals surface area contributed by atoms with Gasteiger partial charge >= 0.3 is 5.97 Å². The fourth-order valence-electron chi connectivity index (χ4n) is 4.76. The number of nitrogens with one attached hydrogen (secondary N) is 1. The Hall–Kier alpha value is -1.70. The predicted molar refractivity (Wildman–Crippen MR) is 106 cm³/mol. The molecule has 1 spiro atoms. The molecule has 2 fully saturated rings. The summed E-state index contributed by atoms with van der Waals surface area (Å²) < 4.78 is 10.9. The van der Waals surface area contributed by atoms with Crippen LogP contribution in [0.2, 0.25) is 0 Å². The highest BCUT2D eigenvalue weighted by Crippen LogP contribution is 2.52. The van der Waals surface area contributed by atoms with E-state index < -0.39 is 12.0 Å². The first-order valence-electron chi connectivity index (χ1n) is 9.21. The van der Waals surface area contributed by atoms with Crippen molar-refractivity contribution < 1.29 is 19.4 Å². The van der Waals surface area contributed by atoms with Crippen molar-refractivity contribution in [1.82, 2.24) is 10.2 Å². The van der Waals surface area contributed by atoms with E-state index in [1.165, 1.54) is 5.56 Å². The van der Waals surface area contributed by atoms with Crippen molar-refractivity contribution >= 4 is 17.7 Å². The molecule has 6 nitrogen and oxygen atoms in total. The number of hydrogen-bond acceptors (Lipinski definition) is 6. The lowest BCUT2D eigenvalue weighted by Crippen LogP contribution is -2.53. The SMILES string of the molecule is COc1ccc([C@@]23C=CC4(C[C@@H]2N(C)CC3)NC(C(=O)O)CS4)cc1OC. The van der Waals surface area contributed by atoms with Crippen LogP contribution in [0.1, 0.15) is 18.4 Å². The van der Waals surface area contributed by atoms with Gasteiger partial charge in [-0.2, -0.15) is 0 Å². The second kappa shape index (κ2) is 6.72. The molecule has 2 aliphatic heterocycles. The first-order valence-corrected chi connectivity index (χ1v) is 10.2. The van der Waals surface area contributed by atoms with Crippen LogP contribution in [0, 0.1) is 0 Å². The van der Waals surface area contributed by atoms with Gasteiger partial charge in [0.25, 0.3) is 0 Å². The summed E-state index contributed by atoms with van der Waals surface area (Å²) in [6.07, 6.45) is 6.41. The molecule has 0 radical (unpaired) electrons. The van der Waals surface area contributed by atoms with Crippen molar-refractivity contribution in [2.24, 2.45) is 0 Å². The molecule has 2 heterocycles. The molecule has 2 N–H and O–H groups in total. The van der Waals surface area contributed by atoms with E-state index in [0.717, 1.165) is 30.9 Å². The Morgan fingerprint density at radius 2 is 2.07 bits per heavy atom.